The molecule has 4 nitrogen and oxygen atoms in total. The molecule has 0 fully saturated rings. The van der Waals surface area contributed by atoms with Crippen molar-refractivity contribution in [3.8, 4) is 5.75 Å². The number of hydrogen-bond donors (Lipinski definition) is 0. The van der Waals surface area contributed by atoms with Crippen LogP contribution in [0.2, 0.25) is 0 Å². The van der Waals surface area contributed by atoms with Crippen molar-refractivity contribution in [1.82, 2.24) is 9.38 Å². The van der Waals surface area contributed by atoms with Crippen molar-refractivity contribution in [3.05, 3.63) is 62.8 Å². The molecule has 0 N–H and O–H groups in total. The van der Waals surface area contributed by atoms with Gasteiger partial charge in [-0.15, -0.1) is 11.3 Å². The fourth-order valence-electron chi connectivity index (χ4n) is 2.30. The summed E-state index contributed by atoms with van der Waals surface area (Å²) in [5.41, 5.74) is 2.36. The third kappa shape index (κ3) is 3.40. The molecule has 0 aliphatic heterocycles. The first-order valence-electron chi connectivity index (χ1n) is 6.95. The third-order valence-corrected chi connectivity index (χ3v) is 5.34. The summed E-state index contributed by atoms with van der Waals surface area (Å²) < 4.78 is 20.2. The maximum absolute atomic E-state index is 13.3. The van der Waals surface area contributed by atoms with Crippen molar-refractivity contribution in [2.45, 2.75) is 18.4 Å². The van der Waals surface area contributed by atoms with Crippen LogP contribution in [0, 0.1) is 12.7 Å². The summed E-state index contributed by atoms with van der Waals surface area (Å²) >= 11 is 3.02. The molecule has 7 heteroatoms. The number of methoxy groups -OCH3 is 1. The molecule has 1 aromatic carbocycles. The van der Waals surface area contributed by atoms with Gasteiger partial charge in [-0.3, -0.25) is 9.20 Å². The fourth-order valence-corrected chi connectivity index (χ4v) is 4.10. The highest BCUT2D eigenvalue weighted by molar-refractivity contribution is 7.97. The lowest BCUT2D eigenvalue weighted by Crippen LogP contribution is -2.14. The third-order valence-electron chi connectivity index (χ3n) is 3.38. The summed E-state index contributed by atoms with van der Waals surface area (Å²) in [6.07, 6.45) is 0. The van der Waals surface area contributed by atoms with Crippen molar-refractivity contribution < 1.29 is 9.13 Å². The normalized spacial score (nSPS) is 11.1. The molecule has 0 atom stereocenters. The molecule has 0 radical (unpaired) electrons. The molecule has 120 valence electrons. The Bertz CT molecular complexity index is 905. The van der Waals surface area contributed by atoms with Crippen LogP contribution in [0.5, 0.6) is 5.75 Å². The van der Waals surface area contributed by atoms with E-state index in [-0.39, 0.29) is 11.4 Å². The Hall–Kier alpha value is -1.86. The molecular formula is C16H15FN2O2S2. The van der Waals surface area contributed by atoms with Crippen LogP contribution in [0.3, 0.4) is 0 Å². The van der Waals surface area contributed by atoms with Crippen LogP contribution in [0.4, 0.5) is 4.39 Å². The van der Waals surface area contributed by atoms with Gasteiger partial charge in [-0.05, 0) is 25.1 Å². The first-order valence-corrected chi connectivity index (χ1v) is 8.99. The second-order valence-electron chi connectivity index (χ2n) is 5.03. The van der Waals surface area contributed by atoms with Gasteiger partial charge in [-0.25, -0.2) is 9.37 Å². The predicted octanol–water partition coefficient (Wildman–Crippen LogP) is 3.65. The highest BCUT2D eigenvalue weighted by atomic mass is 32.2. The maximum Gasteiger partial charge on any atom is 0.258 e. The van der Waals surface area contributed by atoms with Gasteiger partial charge in [0, 0.05) is 34.2 Å². The first-order chi connectivity index (χ1) is 11.1. The van der Waals surface area contributed by atoms with E-state index in [1.165, 1.54) is 23.5 Å². The van der Waals surface area contributed by atoms with E-state index in [4.69, 9.17) is 4.74 Å². The average molecular weight is 350 g/mol. The molecule has 0 saturated heterocycles. The van der Waals surface area contributed by atoms with Crippen molar-refractivity contribution in [3.63, 3.8) is 0 Å². The van der Waals surface area contributed by atoms with E-state index in [9.17, 15) is 9.18 Å². The Labute approximate surface area is 141 Å². The number of thioether (sulfide) groups is 1. The van der Waals surface area contributed by atoms with Gasteiger partial charge >= 0.3 is 0 Å². The predicted molar refractivity (Wildman–Crippen MR) is 92.0 cm³/mol. The van der Waals surface area contributed by atoms with E-state index in [1.807, 2.05) is 12.3 Å². The molecule has 0 spiro atoms. The summed E-state index contributed by atoms with van der Waals surface area (Å²) in [7, 11) is 1.57. The van der Waals surface area contributed by atoms with Crippen LogP contribution in [-0.2, 0) is 11.5 Å². The number of aromatic nitrogens is 2. The maximum atomic E-state index is 13.3. The minimum Gasteiger partial charge on any atom is -0.496 e. The van der Waals surface area contributed by atoms with Crippen LogP contribution >= 0.6 is 23.1 Å². The number of halogens is 1. The van der Waals surface area contributed by atoms with Gasteiger partial charge in [-0.2, -0.15) is 11.8 Å². The second-order valence-corrected chi connectivity index (χ2v) is 6.85. The van der Waals surface area contributed by atoms with Crippen LogP contribution in [-0.4, -0.2) is 16.5 Å². The molecule has 2 aromatic heterocycles. The summed E-state index contributed by atoms with van der Waals surface area (Å²) in [6.45, 7) is 1.89. The van der Waals surface area contributed by atoms with Gasteiger partial charge < -0.3 is 4.74 Å². The fraction of sp³-hybridized carbons (Fsp3) is 0.250. The second kappa shape index (κ2) is 6.72. The minimum atomic E-state index is -0.284. The van der Waals surface area contributed by atoms with Gasteiger partial charge in [0.25, 0.3) is 5.56 Å². The molecule has 0 amide bonds. The number of thiazole rings is 1. The lowest BCUT2D eigenvalue weighted by atomic mass is 10.2. The summed E-state index contributed by atoms with van der Waals surface area (Å²) in [5, 5.41) is 1.91. The number of ether oxygens (including phenoxy) is 1. The van der Waals surface area contributed by atoms with E-state index in [2.05, 4.69) is 4.98 Å². The highest BCUT2D eigenvalue weighted by Gasteiger charge is 2.08. The molecule has 0 unspecified atom stereocenters. The molecule has 23 heavy (non-hydrogen) atoms. The standard InChI is InChI=1S/C16H15FN2O2S2/c1-10-7-23-16-18-13(6-15(20)19(10)16)9-22-8-11-5-12(17)3-4-14(11)21-2/h3-7H,8-9H2,1-2H3. The summed E-state index contributed by atoms with van der Waals surface area (Å²) in [6, 6.07) is 6.03. The number of hydrogen-bond acceptors (Lipinski definition) is 5. The van der Waals surface area contributed by atoms with Gasteiger partial charge in [0.2, 0.25) is 0 Å². The molecule has 3 aromatic rings. The zero-order valence-corrected chi connectivity index (χ0v) is 14.3. The SMILES string of the molecule is COc1ccc(F)cc1CSCc1cc(=O)n2c(C)csc2n1. The van der Waals surface area contributed by atoms with Crippen LogP contribution in [0.15, 0.2) is 34.4 Å². The molecular weight excluding hydrogens is 335 g/mol. The number of nitrogens with zero attached hydrogens (tertiary/aromatic N) is 2. The lowest BCUT2D eigenvalue weighted by Gasteiger charge is -2.08. The number of fused-ring (bicyclic) bond motifs is 1. The Morgan fingerprint density at radius 3 is 2.96 bits per heavy atom. The molecule has 0 bridgehead atoms. The van der Waals surface area contributed by atoms with E-state index in [1.54, 1.807) is 35.4 Å². The van der Waals surface area contributed by atoms with Gasteiger partial charge in [-0.1, -0.05) is 0 Å². The van der Waals surface area contributed by atoms with Gasteiger partial charge in [0.1, 0.15) is 11.6 Å². The Morgan fingerprint density at radius 2 is 2.17 bits per heavy atom. The van der Waals surface area contributed by atoms with E-state index < -0.39 is 0 Å². The molecule has 3 rings (SSSR count). The first kappa shape index (κ1) is 16.0. The van der Waals surface area contributed by atoms with E-state index in [0.29, 0.717) is 22.2 Å². The van der Waals surface area contributed by atoms with Crippen LogP contribution in [0.25, 0.3) is 4.96 Å². The number of aryl methyl sites for hydroxylation is 1. The summed E-state index contributed by atoms with van der Waals surface area (Å²) in [4.78, 5) is 17.3. The zero-order valence-electron chi connectivity index (χ0n) is 12.7. The quantitative estimate of drug-likeness (QED) is 0.705. The van der Waals surface area contributed by atoms with Crippen molar-refractivity contribution >= 4 is 28.1 Å². The lowest BCUT2D eigenvalue weighted by molar-refractivity contribution is 0.410. The molecule has 0 saturated carbocycles. The average Bonchev–Trinajstić information content (AvgIpc) is 2.89. The van der Waals surface area contributed by atoms with Gasteiger partial charge in [0.15, 0.2) is 4.96 Å². The van der Waals surface area contributed by atoms with E-state index >= 15 is 0 Å². The minimum absolute atomic E-state index is 0.0623. The van der Waals surface area contributed by atoms with Crippen molar-refractivity contribution in [2.75, 3.05) is 7.11 Å². The largest absolute Gasteiger partial charge is 0.496 e. The highest BCUT2D eigenvalue weighted by Crippen LogP contribution is 2.25. The van der Waals surface area contributed by atoms with Crippen molar-refractivity contribution in [2.24, 2.45) is 0 Å². The molecule has 0 aliphatic rings. The number of rotatable bonds is 5. The molecule has 0 aliphatic carbocycles. The van der Waals surface area contributed by atoms with Crippen LogP contribution < -0.4 is 10.3 Å². The monoisotopic (exact) mass is 350 g/mol. The van der Waals surface area contributed by atoms with Crippen LogP contribution in [0.1, 0.15) is 17.0 Å². The zero-order chi connectivity index (χ0) is 16.4. The Balaban J connectivity index is 1.74. The number of benzene rings is 1. The Morgan fingerprint density at radius 1 is 1.35 bits per heavy atom. The molecule has 2 heterocycles. The van der Waals surface area contributed by atoms with Gasteiger partial charge in [0.05, 0.1) is 12.8 Å². The summed E-state index contributed by atoms with van der Waals surface area (Å²) in [5.74, 6) is 1.55. The van der Waals surface area contributed by atoms with Crippen molar-refractivity contribution in [1.29, 1.82) is 0 Å². The Kier molecular flexibility index (Phi) is 4.68. The van der Waals surface area contributed by atoms with E-state index in [0.717, 1.165) is 17.0 Å². The topological polar surface area (TPSA) is 43.6 Å². The smallest absolute Gasteiger partial charge is 0.258 e.